The fourth-order valence-corrected chi connectivity index (χ4v) is 4.80. The quantitative estimate of drug-likeness (QED) is 0.578. The molecule has 1 heterocycles. The van der Waals surface area contributed by atoms with Gasteiger partial charge in [-0.15, -0.1) is 0 Å². The maximum absolute atomic E-state index is 12.8. The smallest absolute Gasteiger partial charge is 0.243 e. The molecule has 1 amide bonds. The van der Waals surface area contributed by atoms with Crippen LogP contribution in [0.25, 0.3) is 0 Å². The summed E-state index contributed by atoms with van der Waals surface area (Å²) in [5.41, 5.74) is 5.16. The molecule has 0 atom stereocenters. The van der Waals surface area contributed by atoms with Gasteiger partial charge < -0.3 is 0 Å². The van der Waals surface area contributed by atoms with E-state index in [0.29, 0.717) is 36.7 Å². The first-order valence-corrected chi connectivity index (χ1v) is 11.3. The number of carbonyl (C=O) groups excluding carboxylic acids is 1. The summed E-state index contributed by atoms with van der Waals surface area (Å²) in [4.78, 5) is 12.7. The molecular weight excluding hydrogens is 410 g/mol. The van der Waals surface area contributed by atoms with Gasteiger partial charge >= 0.3 is 0 Å². The zero-order chi connectivity index (χ0) is 21.0. The summed E-state index contributed by atoms with van der Waals surface area (Å²) in [7, 11) is -3.53. The van der Waals surface area contributed by atoms with E-state index < -0.39 is 10.0 Å². The van der Waals surface area contributed by atoms with Crippen molar-refractivity contribution in [3.05, 3.63) is 64.7 Å². The van der Waals surface area contributed by atoms with Gasteiger partial charge in [0, 0.05) is 24.0 Å². The summed E-state index contributed by atoms with van der Waals surface area (Å²) < 4.78 is 27.0. The Labute approximate surface area is 176 Å². The van der Waals surface area contributed by atoms with Crippen molar-refractivity contribution in [2.45, 2.75) is 31.6 Å². The lowest BCUT2D eigenvalue weighted by molar-refractivity contribution is -0.126. The Morgan fingerprint density at radius 2 is 1.66 bits per heavy atom. The Hall–Kier alpha value is -2.22. The van der Waals surface area contributed by atoms with Crippen LogP contribution in [0.5, 0.6) is 0 Å². The lowest BCUT2D eigenvalue weighted by Gasteiger charge is -2.30. The summed E-state index contributed by atoms with van der Waals surface area (Å²) >= 11 is 5.88. The Balaban J connectivity index is 1.57. The van der Waals surface area contributed by atoms with Gasteiger partial charge in [-0.1, -0.05) is 41.4 Å². The van der Waals surface area contributed by atoms with Crippen LogP contribution in [0, 0.1) is 12.8 Å². The van der Waals surface area contributed by atoms with Gasteiger partial charge in [0.15, 0.2) is 0 Å². The van der Waals surface area contributed by atoms with E-state index in [1.54, 1.807) is 43.3 Å². The third-order valence-electron chi connectivity index (χ3n) is 5.08. The maximum Gasteiger partial charge on any atom is 0.243 e. The third kappa shape index (κ3) is 5.23. The number of aryl methyl sites for hydroxylation is 1. The number of amides is 1. The van der Waals surface area contributed by atoms with E-state index in [1.807, 2.05) is 19.1 Å². The molecule has 0 aromatic heterocycles. The fraction of sp³-hybridized carbons (Fsp3) is 0.333. The second-order valence-electron chi connectivity index (χ2n) is 7.17. The molecule has 1 fully saturated rings. The standard InChI is InChI=1S/C21H24ClN3O3S/c1-15-3-9-20(10-4-15)29(27,28)25-13-11-18(12-14-25)21(26)24-23-16(2)17-5-7-19(22)8-6-17/h3-10,18H,11-14H2,1-2H3,(H,24,26)/b23-16+. The summed E-state index contributed by atoms with van der Waals surface area (Å²) in [5.74, 6) is -0.452. The highest BCUT2D eigenvalue weighted by Crippen LogP contribution is 2.24. The summed E-state index contributed by atoms with van der Waals surface area (Å²) in [6.45, 7) is 4.35. The number of benzene rings is 2. The third-order valence-corrected chi connectivity index (χ3v) is 7.24. The molecule has 2 aromatic carbocycles. The van der Waals surface area contributed by atoms with Gasteiger partial charge in [-0.2, -0.15) is 9.41 Å². The molecule has 6 nitrogen and oxygen atoms in total. The first-order chi connectivity index (χ1) is 13.8. The van der Waals surface area contributed by atoms with Crippen molar-refractivity contribution in [1.29, 1.82) is 0 Å². The Morgan fingerprint density at radius 3 is 2.24 bits per heavy atom. The van der Waals surface area contributed by atoms with Gasteiger partial charge in [0.2, 0.25) is 15.9 Å². The van der Waals surface area contributed by atoms with Crippen LogP contribution in [0.3, 0.4) is 0 Å². The van der Waals surface area contributed by atoms with E-state index >= 15 is 0 Å². The van der Waals surface area contributed by atoms with Crippen LogP contribution in [-0.2, 0) is 14.8 Å². The van der Waals surface area contributed by atoms with E-state index in [0.717, 1.165) is 11.1 Å². The SMILES string of the molecule is C/C(=N\NC(=O)C1CCN(S(=O)(=O)c2ccc(C)cc2)CC1)c1ccc(Cl)cc1. The zero-order valence-corrected chi connectivity index (χ0v) is 18.0. The van der Waals surface area contributed by atoms with Crippen molar-refractivity contribution in [2.75, 3.05) is 13.1 Å². The highest BCUT2D eigenvalue weighted by molar-refractivity contribution is 7.89. The number of rotatable bonds is 5. The van der Waals surface area contributed by atoms with Crippen molar-refractivity contribution in [3.63, 3.8) is 0 Å². The minimum Gasteiger partial charge on any atom is -0.273 e. The molecule has 1 aliphatic rings. The van der Waals surface area contributed by atoms with Gasteiger partial charge in [-0.25, -0.2) is 13.8 Å². The van der Waals surface area contributed by atoms with Crippen molar-refractivity contribution < 1.29 is 13.2 Å². The maximum atomic E-state index is 12.8. The Bertz CT molecular complexity index is 994. The first kappa shape index (κ1) is 21.5. The highest BCUT2D eigenvalue weighted by Gasteiger charge is 2.32. The van der Waals surface area contributed by atoms with Gasteiger partial charge in [0.05, 0.1) is 10.6 Å². The Kier molecular flexibility index (Phi) is 6.72. The molecule has 0 saturated carbocycles. The molecule has 0 aliphatic carbocycles. The molecular formula is C21H24ClN3O3S. The molecule has 0 bridgehead atoms. The van der Waals surface area contributed by atoms with Crippen LogP contribution < -0.4 is 5.43 Å². The van der Waals surface area contributed by atoms with Crippen LogP contribution in [0.4, 0.5) is 0 Å². The van der Waals surface area contributed by atoms with E-state index in [-0.39, 0.29) is 16.7 Å². The molecule has 3 rings (SSSR count). The van der Waals surface area contributed by atoms with Gasteiger partial charge in [-0.3, -0.25) is 4.79 Å². The van der Waals surface area contributed by atoms with E-state index in [9.17, 15) is 13.2 Å². The number of nitrogens with zero attached hydrogens (tertiary/aromatic N) is 2. The van der Waals surface area contributed by atoms with E-state index in [1.165, 1.54) is 4.31 Å². The van der Waals surface area contributed by atoms with Gasteiger partial charge in [0.1, 0.15) is 0 Å². The normalized spacial score (nSPS) is 16.6. The molecule has 0 unspecified atom stereocenters. The monoisotopic (exact) mass is 433 g/mol. The molecule has 0 spiro atoms. The minimum atomic E-state index is -3.53. The molecule has 8 heteroatoms. The number of hydrogen-bond acceptors (Lipinski definition) is 4. The highest BCUT2D eigenvalue weighted by atomic mass is 35.5. The van der Waals surface area contributed by atoms with Crippen LogP contribution in [-0.4, -0.2) is 37.4 Å². The Morgan fingerprint density at radius 1 is 1.07 bits per heavy atom. The van der Waals surface area contributed by atoms with Crippen molar-refractivity contribution >= 4 is 33.2 Å². The number of nitrogens with one attached hydrogen (secondary N) is 1. The molecule has 1 N–H and O–H groups in total. The van der Waals surface area contributed by atoms with E-state index in [2.05, 4.69) is 10.5 Å². The second kappa shape index (κ2) is 9.07. The number of hydrogen-bond donors (Lipinski definition) is 1. The van der Waals surface area contributed by atoms with Crippen molar-refractivity contribution in [1.82, 2.24) is 9.73 Å². The topological polar surface area (TPSA) is 78.8 Å². The van der Waals surface area contributed by atoms with Crippen LogP contribution in [0.15, 0.2) is 58.5 Å². The van der Waals surface area contributed by atoms with Crippen molar-refractivity contribution in [3.8, 4) is 0 Å². The van der Waals surface area contributed by atoms with Crippen LogP contribution >= 0.6 is 11.6 Å². The number of sulfonamides is 1. The summed E-state index contributed by atoms with van der Waals surface area (Å²) in [6, 6.07) is 14.0. The molecule has 1 aliphatic heterocycles. The molecule has 0 radical (unpaired) electrons. The van der Waals surface area contributed by atoms with Gasteiger partial charge in [-0.05, 0) is 56.5 Å². The second-order valence-corrected chi connectivity index (χ2v) is 9.55. The van der Waals surface area contributed by atoms with Gasteiger partial charge in [0.25, 0.3) is 0 Å². The first-order valence-electron chi connectivity index (χ1n) is 9.44. The molecule has 2 aromatic rings. The number of carbonyl (C=O) groups is 1. The van der Waals surface area contributed by atoms with Crippen LogP contribution in [0.1, 0.15) is 30.9 Å². The average molecular weight is 434 g/mol. The minimum absolute atomic E-state index is 0.189. The largest absolute Gasteiger partial charge is 0.273 e. The number of piperidine rings is 1. The lowest BCUT2D eigenvalue weighted by atomic mass is 9.98. The molecule has 1 saturated heterocycles. The predicted octanol–water partition coefficient (Wildman–Crippen LogP) is 3.59. The average Bonchev–Trinajstić information content (AvgIpc) is 2.72. The summed E-state index contributed by atoms with van der Waals surface area (Å²) in [6.07, 6.45) is 0.929. The zero-order valence-electron chi connectivity index (χ0n) is 16.4. The number of halogens is 1. The van der Waals surface area contributed by atoms with Crippen LogP contribution in [0.2, 0.25) is 5.02 Å². The van der Waals surface area contributed by atoms with Crippen molar-refractivity contribution in [2.24, 2.45) is 11.0 Å². The lowest BCUT2D eigenvalue weighted by Crippen LogP contribution is -2.42. The molecule has 154 valence electrons. The van der Waals surface area contributed by atoms with E-state index in [4.69, 9.17) is 11.6 Å². The predicted molar refractivity (Wildman–Crippen MR) is 114 cm³/mol. The molecule has 29 heavy (non-hydrogen) atoms. The number of hydrazone groups is 1. The summed E-state index contributed by atoms with van der Waals surface area (Å²) in [5, 5.41) is 4.80. The fourth-order valence-electron chi connectivity index (χ4n) is 3.20.